The largest absolute Gasteiger partial charge is 0.380 e. The summed E-state index contributed by atoms with van der Waals surface area (Å²) in [6.07, 6.45) is 1.17. The average Bonchev–Trinajstić information content (AvgIpc) is 2.36. The van der Waals surface area contributed by atoms with Gasteiger partial charge in [-0.1, -0.05) is 39.7 Å². The lowest BCUT2D eigenvalue weighted by Crippen LogP contribution is -2.02. The molecule has 20 heavy (non-hydrogen) atoms. The van der Waals surface area contributed by atoms with Gasteiger partial charge in [-0.15, -0.1) is 0 Å². The predicted octanol–water partition coefficient (Wildman–Crippen LogP) is 4.12. The van der Waals surface area contributed by atoms with Crippen molar-refractivity contribution in [1.82, 2.24) is 0 Å². The molecule has 1 N–H and O–H groups in total. The van der Waals surface area contributed by atoms with Crippen LogP contribution in [0, 0.1) is 0 Å². The van der Waals surface area contributed by atoms with Gasteiger partial charge in [-0.3, -0.25) is 0 Å². The second-order valence-corrected chi connectivity index (χ2v) is 7.74. The minimum Gasteiger partial charge on any atom is -0.380 e. The monoisotopic (exact) mass is 373 g/mol. The maximum absolute atomic E-state index is 11.5. The fourth-order valence-electron chi connectivity index (χ4n) is 1.71. The molecule has 2 aromatic rings. The number of benzene rings is 2. The van der Waals surface area contributed by atoms with Gasteiger partial charge >= 0.3 is 0 Å². The van der Waals surface area contributed by atoms with Crippen molar-refractivity contribution in [2.75, 3.05) is 11.6 Å². The summed E-state index contributed by atoms with van der Waals surface area (Å²) in [6.45, 7) is 0.562. The molecule has 0 aliphatic rings. The van der Waals surface area contributed by atoms with Crippen molar-refractivity contribution in [2.24, 2.45) is 0 Å². The normalized spacial score (nSPS) is 11.3. The first-order valence-electron chi connectivity index (χ1n) is 5.84. The Bertz CT molecular complexity index is 732. The molecule has 0 heterocycles. The number of rotatable bonds is 4. The summed E-state index contributed by atoms with van der Waals surface area (Å²) in [4.78, 5) is 0.249. The van der Waals surface area contributed by atoms with Gasteiger partial charge in [0.1, 0.15) is 0 Å². The van der Waals surface area contributed by atoms with Gasteiger partial charge in [0, 0.05) is 17.3 Å². The van der Waals surface area contributed by atoms with E-state index in [1.807, 2.05) is 24.3 Å². The summed E-state index contributed by atoms with van der Waals surface area (Å²) < 4.78 is 24.1. The van der Waals surface area contributed by atoms with Crippen molar-refractivity contribution in [2.45, 2.75) is 11.4 Å². The third-order valence-corrected chi connectivity index (χ3v) is 4.67. The molecule has 0 aliphatic carbocycles. The lowest BCUT2D eigenvalue weighted by Gasteiger charge is -2.10. The zero-order valence-electron chi connectivity index (χ0n) is 10.7. The Kier molecular flexibility index (Phi) is 4.73. The molecule has 0 saturated heterocycles. The molecule has 0 fully saturated rings. The third-order valence-electron chi connectivity index (χ3n) is 2.74. The summed E-state index contributed by atoms with van der Waals surface area (Å²) in [5.74, 6) is 0. The molecule has 106 valence electrons. The predicted molar refractivity (Wildman–Crippen MR) is 86.0 cm³/mol. The molecular formula is C14H13BrClNO2S. The Labute approximate surface area is 132 Å². The molecule has 0 saturated carbocycles. The maximum Gasteiger partial charge on any atom is 0.175 e. The average molecular weight is 375 g/mol. The van der Waals surface area contributed by atoms with Crippen LogP contribution in [-0.2, 0) is 16.4 Å². The van der Waals surface area contributed by atoms with Crippen LogP contribution in [0.2, 0.25) is 5.02 Å². The first-order chi connectivity index (χ1) is 9.36. The van der Waals surface area contributed by atoms with E-state index in [1.165, 1.54) is 12.3 Å². The van der Waals surface area contributed by atoms with Crippen LogP contribution in [0.4, 0.5) is 5.69 Å². The van der Waals surface area contributed by atoms with Crippen molar-refractivity contribution >= 4 is 43.1 Å². The second kappa shape index (κ2) is 6.16. The Morgan fingerprint density at radius 1 is 1.20 bits per heavy atom. The summed E-state index contributed by atoms with van der Waals surface area (Å²) in [5.41, 5.74) is 1.68. The summed E-state index contributed by atoms with van der Waals surface area (Å²) in [7, 11) is -3.24. The highest BCUT2D eigenvalue weighted by Gasteiger charge is 2.10. The highest BCUT2D eigenvalue weighted by atomic mass is 79.9. The van der Waals surface area contributed by atoms with Crippen LogP contribution in [0.3, 0.4) is 0 Å². The van der Waals surface area contributed by atoms with Crippen LogP contribution >= 0.6 is 27.5 Å². The molecule has 3 nitrogen and oxygen atoms in total. The van der Waals surface area contributed by atoms with Gasteiger partial charge in [0.15, 0.2) is 9.84 Å². The van der Waals surface area contributed by atoms with Crippen molar-refractivity contribution in [1.29, 1.82) is 0 Å². The third kappa shape index (κ3) is 3.98. The molecule has 0 unspecified atom stereocenters. The smallest absolute Gasteiger partial charge is 0.175 e. The number of nitrogens with one attached hydrogen (secondary N) is 1. The van der Waals surface area contributed by atoms with Gasteiger partial charge in [0.05, 0.1) is 15.6 Å². The topological polar surface area (TPSA) is 46.2 Å². The molecule has 2 rings (SSSR count). The molecule has 0 amide bonds. The minimum atomic E-state index is -3.24. The lowest BCUT2D eigenvalue weighted by molar-refractivity contribution is 0.602. The zero-order valence-corrected chi connectivity index (χ0v) is 13.9. The SMILES string of the molecule is CS(=O)(=O)c1ccc(Cl)c(NCc2cccc(Br)c2)c1. The van der Waals surface area contributed by atoms with E-state index < -0.39 is 9.84 Å². The molecular weight excluding hydrogens is 362 g/mol. The van der Waals surface area contributed by atoms with Gasteiger partial charge in [0.25, 0.3) is 0 Å². The molecule has 0 aliphatic heterocycles. The standard InChI is InChI=1S/C14H13BrClNO2S/c1-20(18,19)12-5-6-13(16)14(8-12)17-9-10-3-2-4-11(15)7-10/h2-8,17H,9H2,1H3. The van der Waals surface area contributed by atoms with Crippen molar-refractivity contribution in [3.63, 3.8) is 0 Å². The van der Waals surface area contributed by atoms with Crippen molar-refractivity contribution in [3.8, 4) is 0 Å². The van der Waals surface area contributed by atoms with E-state index in [4.69, 9.17) is 11.6 Å². The molecule has 2 aromatic carbocycles. The number of anilines is 1. The van der Waals surface area contributed by atoms with Crippen molar-refractivity contribution in [3.05, 3.63) is 57.5 Å². The fourth-order valence-corrected chi connectivity index (χ4v) is 2.99. The van der Waals surface area contributed by atoms with E-state index in [2.05, 4.69) is 21.2 Å². The first-order valence-corrected chi connectivity index (χ1v) is 8.90. The van der Waals surface area contributed by atoms with E-state index >= 15 is 0 Å². The molecule has 0 atom stereocenters. The summed E-state index contributed by atoms with van der Waals surface area (Å²) in [5, 5.41) is 3.64. The first kappa shape index (κ1) is 15.4. The van der Waals surface area contributed by atoms with Gasteiger partial charge in [0.2, 0.25) is 0 Å². The Balaban J connectivity index is 2.21. The number of sulfone groups is 1. The highest BCUT2D eigenvalue weighted by molar-refractivity contribution is 9.10. The molecule has 0 radical (unpaired) electrons. The molecule has 0 aromatic heterocycles. The molecule has 0 spiro atoms. The van der Waals surface area contributed by atoms with Crippen LogP contribution < -0.4 is 5.32 Å². The summed E-state index contributed by atoms with van der Waals surface area (Å²) >= 11 is 9.48. The van der Waals surface area contributed by atoms with Crippen LogP contribution in [-0.4, -0.2) is 14.7 Å². The molecule has 0 bridgehead atoms. The Morgan fingerprint density at radius 3 is 2.60 bits per heavy atom. The minimum absolute atomic E-state index is 0.249. The van der Waals surface area contributed by atoms with Crippen LogP contribution in [0.15, 0.2) is 51.8 Å². The lowest BCUT2D eigenvalue weighted by atomic mass is 10.2. The van der Waals surface area contributed by atoms with Gasteiger partial charge in [-0.2, -0.15) is 0 Å². The Morgan fingerprint density at radius 2 is 1.95 bits per heavy atom. The van der Waals surface area contributed by atoms with Crippen LogP contribution in [0.1, 0.15) is 5.56 Å². The van der Waals surface area contributed by atoms with E-state index in [1.54, 1.807) is 12.1 Å². The number of hydrogen-bond donors (Lipinski definition) is 1. The maximum atomic E-state index is 11.5. The molecule has 6 heteroatoms. The van der Waals surface area contributed by atoms with Gasteiger partial charge in [-0.25, -0.2) is 8.42 Å². The Hall–Kier alpha value is -1.04. The fraction of sp³-hybridized carbons (Fsp3) is 0.143. The summed E-state index contributed by atoms with van der Waals surface area (Å²) in [6, 6.07) is 12.5. The van der Waals surface area contributed by atoms with E-state index in [9.17, 15) is 8.42 Å². The van der Waals surface area contributed by atoms with E-state index in [0.717, 1.165) is 10.0 Å². The zero-order chi connectivity index (χ0) is 14.8. The van der Waals surface area contributed by atoms with Gasteiger partial charge < -0.3 is 5.32 Å². The van der Waals surface area contributed by atoms with E-state index in [-0.39, 0.29) is 4.90 Å². The van der Waals surface area contributed by atoms with Crippen LogP contribution in [0.25, 0.3) is 0 Å². The van der Waals surface area contributed by atoms with Crippen LogP contribution in [0.5, 0.6) is 0 Å². The van der Waals surface area contributed by atoms with Gasteiger partial charge in [-0.05, 0) is 35.9 Å². The quantitative estimate of drug-likeness (QED) is 0.875. The second-order valence-electron chi connectivity index (χ2n) is 4.40. The van der Waals surface area contributed by atoms with E-state index in [0.29, 0.717) is 17.3 Å². The highest BCUT2D eigenvalue weighted by Crippen LogP contribution is 2.26. The number of halogens is 2. The number of hydrogen-bond acceptors (Lipinski definition) is 3. The van der Waals surface area contributed by atoms with Crippen molar-refractivity contribution < 1.29 is 8.42 Å².